The number of oxazole rings is 1. The normalized spacial score (nSPS) is 15.0. The van der Waals surface area contributed by atoms with E-state index in [9.17, 15) is 0 Å². The number of rotatable bonds is 7. The van der Waals surface area contributed by atoms with Gasteiger partial charge in [-0.15, -0.1) is 0 Å². The molecule has 0 radical (unpaired) electrons. The van der Waals surface area contributed by atoms with E-state index in [1.54, 1.807) is 7.11 Å². The summed E-state index contributed by atoms with van der Waals surface area (Å²) < 4.78 is 11.0. The number of nitrogens with zero attached hydrogens (tertiary/aromatic N) is 1. The van der Waals surface area contributed by atoms with Gasteiger partial charge in [-0.05, 0) is 26.3 Å². The second-order valence-corrected chi connectivity index (χ2v) is 4.09. The van der Waals surface area contributed by atoms with Crippen molar-refractivity contribution >= 4 is 0 Å². The molecule has 0 aliphatic carbocycles. The third-order valence-electron chi connectivity index (χ3n) is 2.97. The molecule has 0 aliphatic rings. The van der Waals surface area contributed by atoms with E-state index in [4.69, 9.17) is 9.15 Å². The Hall–Kier alpha value is -0.870. The zero-order chi connectivity index (χ0) is 12.0. The molecule has 0 aromatic carbocycles. The third-order valence-corrected chi connectivity index (χ3v) is 2.97. The van der Waals surface area contributed by atoms with Gasteiger partial charge in [0.1, 0.15) is 5.60 Å². The lowest BCUT2D eigenvalue weighted by molar-refractivity contribution is -0.0199. The lowest BCUT2D eigenvalue weighted by atomic mass is 9.98. The molecular weight excluding hydrogens is 204 g/mol. The molecule has 1 rings (SSSR count). The molecule has 16 heavy (non-hydrogen) atoms. The molecule has 0 saturated heterocycles. The fourth-order valence-corrected chi connectivity index (χ4v) is 1.61. The van der Waals surface area contributed by atoms with Gasteiger partial charge in [0.05, 0.1) is 5.69 Å². The van der Waals surface area contributed by atoms with E-state index >= 15 is 0 Å². The van der Waals surface area contributed by atoms with Crippen LogP contribution in [0.3, 0.4) is 0 Å². The van der Waals surface area contributed by atoms with Crippen molar-refractivity contribution in [3.8, 4) is 0 Å². The van der Waals surface area contributed by atoms with Gasteiger partial charge >= 0.3 is 0 Å². The summed E-state index contributed by atoms with van der Waals surface area (Å²) >= 11 is 0. The minimum atomic E-state index is -0.375. The molecule has 1 atom stereocenters. The summed E-state index contributed by atoms with van der Waals surface area (Å²) in [6.45, 7) is 7.97. The lowest BCUT2D eigenvalue weighted by Gasteiger charge is -2.24. The molecule has 1 heterocycles. The maximum Gasteiger partial charge on any atom is 0.181 e. The number of hydrogen-bond acceptors (Lipinski definition) is 4. The van der Waals surface area contributed by atoms with Gasteiger partial charge in [-0.25, -0.2) is 4.98 Å². The number of hydrogen-bond donors (Lipinski definition) is 1. The van der Waals surface area contributed by atoms with Crippen LogP contribution < -0.4 is 5.32 Å². The standard InChI is InChI=1S/C12H22N2O2/c1-5-7-13-8-10-11(16-9-14-10)12(3,6-2)15-4/h9,13H,5-8H2,1-4H3. The van der Waals surface area contributed by atoms with E-state index in [2.05, 4.69) is 24.1 Å². The van der Waals surface area contributed by atoms with Crippen LogP contribution in [0.4, 0.5) is 0 Å². The Morgan fingerprint density at radius 1 is 1.50 bits per heavy atom. The highest BCUT2D eigenvalue weighted by molar-refractivity contribution is 5.15. The van der Waals surface area contributed by atoms with Gasteiger partial charge in [0.2, 0.25) is 0 Å². The molecule has 0 fully saturated rings. The molecular formula is C12H22N2O2. The van der Waals surface area contributed by atoms with Gasteiger partial charge in [0.15, 0.2) is 12.2 Å². The Bertz CT molecular complexity index is 306. The van der Waals surface area contributed by atoms with Crippen molar-refractivity contribution in [2.24, 2.45) is 0 Å². The first kappa shape index (κ1) is 13.2. The van der Waals surface area contributed by atoms with Crippen molar-refractivity contribution < 1.29 is 9.15 Å². The zero-order valence-electron chi connectivity index (χ0n) is 10.7. The SMILES string of the molecule is CCCNCc1ncoc1C(C)(CC)OC. The van der Waals surface area contributed by atoms with Crippen molar-refractivity contribution in [1.82, 2.24) is 10.3 Å². The summed E-state index contributed by atoms with van der Waals surface area (Å²) in [7, 11) is 1.70. The smallest absolute Gasteiger partial charge is 0.181 e. The highest BCUT2D eigenvalue weighted by Crippen LogP contribution is 2.30. The van der Waals surface area contributed by atoms with Gasteiger partial charge < -0.3 is 14.5 Å². The first-order valence-corrected chi connectivity index (χ1v) is 5.86. The van der Waals surface area contributed by atoms with Gasteiger partial charge in [-0.3, -0.25) is 0 Å². The van der Waals surface area contributed by atoms with Gasteiger partial charge in [-0.1, -0.05) is 13.8 Å². The van der Waals surface area contributed by atoms with Crippen molar-refractivity contribution in [3.05, 3.63) is 17.8 Å². The lowest BCUT2D eigenvalue weighted by Crippen LogP contribution is -2.26. The van der Waals surface area contributed by atoms with E-state index in [0.29, 0.717) is 0 Å². The summed E-state index contributed by atoms with van der Waals surface area (Å²) in [4.78, 5) is 4.24. The van der Waals surface area contributed by atoms with Crippen molar-refractivity contribution in [2.75, 3.05) is 13.7 Å². The van der Waals surface area contributed by atoms with Crippen LogP contribution in [-0.4, -0.2) is 18.6 Å². The molecule has 0 spiro atoms. The largest absolute Gasteiger partial charge is 0.445 e. The van der Waals surface area contributed by atoms with Gasteiger partial charge in [0, 0.05) is 13.7 Å². The number of nitrogens with one attached hydrogen (secondary N) is 1. The summed E-state index contributed by atoms with van der Waals surface area (Å²) in [6, 6.07) is 0. The van der Waals surface area contributed by atoms with E-state index in [1.165, 1.54) is 6.39 Å². The van der Waals surface area contributed by atoms with Crippen LogP contribution in [-0.2, 0) is 16.9 Å². The number of methoxy groups -OCH3 is 1. The van der Waals surface area contributed by atoms with Crippen LogP contribution >= 0.6 is 0 Å². The molecule has 4 heteroatoms. The second-order valence-electron chi connectivity index (χ2n) is 4.09. The van der Waals surface area contributed by atoms with Crippen molar-refractivity contribution in [3.63, 3.8) is 0 Å². The highest BCUT2D eigenvalue weighted by Gasteiger charge is 2.30. The average Bonchev–Trinajstić information content (AvgIpc) is 2.77. The number of aromatic nitrogens is 1. The van der Waals surface area contributed by atoms with Crippen LogP contribution in [0, 0.1) is 0 Å². The first-order valence-electron chi connectivity index (χ1n) is 5.86. The molecule has 92 valence electrons. The Labute approximate surface area is 97.4 Å². The Morgan fingerprint density at radius 3 is 2.81 bits per heavy atom. The van der Waals surface area contributed by atoms with Gasteiger partial charge in [0.25, 0.3) is 0 Å². The predicted molar refractivity (Wildman–Crippen MR) is 63.2 cm³/mol. The Morgan fingerprint density at radius 2 is 2.25 bits per heavy atom. The maximum absolute atomic E-state index is 5.52. The summed E-state index contributed by atoms with van der Waals surface area (Å²) in [5.74, 6) is 0.834. The topological polar surface area (TPSA) is 47.3 Å². The number of ether oxygens (including phenoxy) is 1. The first-order chi connectivity index (χ1) is 7.68. The maximum atomic E-state index is 5.52. The summed E-state index contributed by atoms with van der Waals surface area (Å²) in [6.07, 6.45) is 3.47. The molecule has 0 amide bonds. The van der Waals surface area contributed by atoms with Crippen LogP contribution in [0.5, 0.6) is 0 Å². The fraction of sp³-hybridized carbons (Fsp3) is 0.750. The monoisotopic (exact) mass is 226 g/mol. The summed E-state index contributed by atoms with van der Waals surface area (Å²) in [5.41, 5.74) is 0.569. The molecule has 1 N–H and O–H groups in total. The molecule has 1 aromatic rings. The second kappa shape index (κ2) is 6.01. The molecule has 0 bridgehead atoms. The molecule has 0 aliphatic heterocycles. The zero-order valence-corrected chi connectivity index (χ0v) is 10.7. The Kier molecular flexibility index (Phi) is 4.96. The van der Waals surface area contributed by atoms with E-state index in [-0.39, 0.29) is 5.60 Å². The molecule has 0 saturated carbocycles. The minimum Gasteiger partial charge on any atom is -0.445 e. The van der Waals surface area contributed by atoms with E-state index < -0.39 is 0 Å². The minimum absolute atomic E-state index is 0.375. The fourth-order valence-electron chi connectivity index (χ4n) is 1.61. The van der Waals surface area contributed by atoms with Crippen LogP contribution in [0.15, 0.2) is 10.8 Å². The van der Waals surface area contributed by atoms with Crippen LogP contribution in [0.1, 0.15) is 45.1 Å². The molecule has 1 aromatic heterocycles. The highest BCUT2D eigenvalue weighted by atomic mass is 16.5. The Balaban J connectivity index is 2.76. The van der Waals surface area contributed by atoms with E-state index in [1.807, 2.05) is 6.92 Å². The van der Waals surface area contributed by atoms with Crippen molar-refractivity contribution in [1.29, 1.82) is 0 Å². The van der Waals surface area contributed by atoms with Crippen LogP contribution in [0.2, 0.25) is 0 Å². The third kappa shape index (κ3) is 2.83. The average molecular weight is 226 g/mol. The van der Waals surface area contributed by atoms with Crippen LogP contribution in [0.25, 0.3) is 0 Å². The molecule has 4 nitrogen and oxygen atoms in total. The van der Waals surface area contributed by atoms with Gasteiger partial charge in [-0.2, -0.15) is 0 Å². The molecule has 1 unspecified atom stereocenters. The predicted octanol–water partition coefficient (Wildman–Crippen LogP) is 2.45. The van der Waals surface area contributed by atoms with E-state index in [0.717, 1.165) is 37.4 Å². The van der Waals surface area contributed by atoms with Crippen molar-refractivity contribution in [2.45, 2.75) is 45.8 Å². The summed E-state index contributed by atoms with van der Waals surface area (Å²) in [5, 5.41) is 3.32. The quantitative estimate of drug-likeness (QED) is 0.725.